The summed E-state index contributed by atoms with van der Waals surface area (Å²) in [5.74, 6) is -0.412. The number of likely N-dealkylation sites (tertiary alicyclic amines) is 1. The maximum Gasteiger partial charge on any atom is 0.313 e. The van der Waals surface area contributed by atoms with Crippen LogP contribution in [0.2, 0.25) is 0 Å². The van der Waals surface area contributed by atoms with Crippen molar-refractivity contribution in [3.63, 3.8) is 0 Å². The van der Waals surface area contributed by atoms with Crippen LogP contribution >= 0.6 is 0 Å². The molecule has 160 valence electrons. The van der Waals surface area contributed by atoms with Crippen LogP contribution in [-0.2, 0) is 16.0 Å². The number of carbonyl (C=O) groups excluding carboxylic acids is 2. The second-order valence-electron chi connectivity index (χ2n) is 8.21. The highest BCUT2D eigenvalue weighted by atomic mass is 16.2. The van der Waals surface area contributed by atoms with E-state index in [-0.39, 0.29) is 6.04 Å². The lowest BCUT2D eigenvalue weighted by atomic mass is 9.89. The molecule has 0 unspecified atom stereocenters. The summed E-state index contributed by atoms with van der Waals surface area (Å²) in [4.78, 5) is 36.0. The van der Waals surface area contributed by atoms with Crippen LogP contribution < -0.4 is 11.1 Å². The summed E-state index contributed by atoms with van der Waals surface area (Å²) in [5.41, 5.74) is 8.19. The number of aryl methyl sites for hydroxylation is 1. The molecule has 1 aromatic carbocycles. The Morgan fingerprint density at radius 2 is 2.00 bits per heavy atom. The number of anilines is 2. The van der Waals surface area contributed by atoms with E-state index in [4.69, 9.17) is 5.73 Å². The van der Waals surface area contributed by atoms with Crippen molar-refractivity contribution in [3.05, 3.63) is 60.0 Å². The van der Waals surface area contributed by atoms with E-state index in [2.05, 4.69) is 28.3 Å². The van der Waals surface area contributed by atoms with Gasteiger partial charge in [-0.25, -0.2) is 4.98 Å². The molecule has 7 nitrogen and oxygen atoms in total. The maximum absolute atomic E-state index is 13.2. The number of rotatable bonds is 3. The van der Waals surface area contributed by atoms with Gasteiger partial charge in [0.25, 0.3) is 0 Å². The third kappa shape index (κ3) is 4.35. The molecule has 7 heteroatoms. The minimum absolute atomic E-state index is 0.136. The summed E-state index contributed by atoms with van der Waals surface area (Å²) in [6, 6.07) is 9.73. The van der Waals surface area contributed by atoms with Crippen molar-refractivity contribution in [1.29, 1.82) is 0 Å². The molecule has 31 heavy (non-hydrogen) atoms. The number of carbonyl (C=O) groups is 2. The van der Waals surface area contributed by atoms with E-state index in [0.717, 1.165) is 34.7 Å². The SMILES string of the molecule is CCc1cc(NC(=O)C(=O)N2C[C@@H](C)CC[C@@H]2c2ccc3cnccc3c2)cnc1N. The van der Waals surface area contributed by atoms with Crippen molar-refractivity contribution in [2.75, 3.05) is 17.6 Å². The summed E-state index contributed by atoms with van der Waals surface area (Å²) in [6.07, 6.45) is 7.58. The van der Waals surface area contributed by atoms with Crippen molar-refractivity contribution < 1.29 is 9.59 Å². The van der Waals surface area contributed by atoms with E-state index in [1.165, 1.54) is 6.20 Å². The molecule has 3 aromatic rings. The topological polar surface area (TPSA) is 101 Å². The van der Waals surface area contributed by atoms with Crippen LogP contribution in [0.4, 0.5) is 11.5 Å². The van der Waals surface area contributed by atoms with Gasteiger partial charge in [-0.3, -0.25) is 14.6 Å². The molecule has 3 N–H and O–H groups in total. The zero-order chi connectivity index (χ0) is 22.0. The number of benzene rings is 1. The summed E-state index contributed by atoms with van der Waals surface area (Å²) < 4.78 is 0. The van der Waals surface area contributed by atoms with E-state index < -0.39 is 11.8 Å². The molecule has 2 atom stereocenters. The summed E-state index contributed by atoms with van der Waals surface area (Å²) in [5, 5.41) is 4.82. The fourth-order valence-corrected chi connectivity index (χ4v) is 4.22. The van der Waals surface area contributed by atoms with E-state index in [0.29, 0.717) is 30.4 Å². The zero-order valence-corrected chi connectivity index (χ0v) is 17.8. The first-order valence-corrected chi connectivity index (χ1v) is 10.7. The Balaban J connectivity index is 1.58. The number of pyridine rings is 2. The van der Waals surface area contributed by atoms with Gasteiger partial charge in [-0.1, -0.05) is 26.0 Å². The van der Waals surface area contributed by atoms with Crippen molar-refractivity contribution in [2.24, 2.45) is 5.92 Å². The van der Waals surface area contributed by atoms with Gasteiger partial charge in [0.1, 0.15) is 5.82 Å². The number of nitrogens with two attached hydrogens (primary N) is 1. The average molecular weight is 418 g/mol. The molecule has 1 aliphatic heterocycles. The Bertz CT molecular complexity index is 1130. The highest BCUT2D eigenvalue weighted by Crippen LogP contribution is 2.34. The lowest BCUT2D eigenvalue weighted by Gasteiger charge is -2.38. The summed E-state index contributed by atoms with van der Waals surface area (Å²) >= 11 is 0. The molecule has 2 aromatic heterocycles. The third-order valence-corrected chi connectivity index (χ3v) is 5.96. The molecular weight excluding hydrogens is 390 g/mol. The molecule has 0 radical (unpaired) electrons. The molecule has 1 aliphatic rings. The second-order valence-corrected chi connectivity index (χ2v) is 8.21. The molecule has 4 rings (SSSR count). The highest BCUT2D eigenvalue weighted by molar-refractivity contribution is 6.39. The molecule has 2 amide bonds. The lowest BCUT2D eigenvalue weighted by molar-refractivity contribution is -0.146. The smallest absolute Gasteiger partial charge is 0.313 e. The Kier molecular flexibility index (Phi) is 5.84. The Morgan fingerprint density at radius 3 is 2.81 bits per heavy atom. The predicted octanol–water partition coefficient (Wildman–Crippen LogP) is 3.71. The molecule has 0 bridgehead atoms. The van der Waals surface area contributed by atoms with Gasteiger partial charge in [0.15, 0.2) is 0 Å². The number of aromatic nitrogens is 2. The first-order chi connectivity index (χ1) is 15.0. The first-order valence-electron chi connectivity index (χ1n) is 10.7. The van der Waals surface area contributed by atoms with Gasteiger partial charge in [0, 0.05) is 24.3 Å². The molecule has 0 spiro atoms. The van der Waals surface area contributed by atoms with Crippen molar-refractivity contribution in [3.8, 4) is 0 Å². The van der Waals surface area contributed by atoms with Crippen LogP contribution in [0.5, 0.6) is 0 Å². The third-order valence-electron chi connectivity index (χ3n) is 5.96. The van der Waals surface area contributed by atoms with Gasteiger partial charge in [-0.05, 0) is 59.9 Å². The van der Waals surface area contributed by atoms with Crippen LogP contribution in [0.15, 0.2) is 48.9 Å². The summed E-state index contributed by atoms with van der Waals surface area (Å²) in [6.45, 7) is 4.62. The average Bonchev–Trinajstić information content (AvgIpc) is 2.79. The fraction of sp³-hybridized carbons (Fsp3) is 0.333. The highest BCUT2D eigenvalue weighted by Gasteiger charge is 2.34. The number of nitrogen functional groups attached to an aromatic ring is 1. The Hall–Kier alpha value is -3.48. The zero-order valence-electron chi connectivity index (χ0n) is 17.8. The lowest BCUT2D eigenvalue weighted by Crippen LogP contribution is -2.46. The van der Waals surface area contributed by atoms with E-state index in [9.17, 15) is 9.59 Å². The van der Waals surface area contributed by atoms with Gasteiger partial charge in [0.05, 0.1) is 17.9 Å². The minimum atomic E-state index is -0.655. The van der Waals surface area contributed by atoms with Gasteiger partial charge < -0.3 is 16.0 Å². The van der Waals surface area contributed by atoms with Crippen LogP contribution in [0.3, 0.4) is 0 Å². The Morgan fingerprint density at radius 1 is 1.16 bits per heavy atom. The quantitative estimate of drug-likeness (QED) is 0.633. The van der Waals surface area contributed by atoms with E-state index >= 15 is 0 Å². The predicted molar refractivity (Wildman–Crippen MR) is 121 cm³/mol. The molecule has 1 saturated heterocycles. The standard InChI is InChI=1S/C24H27N5O2/c1-3-16-11-20(13-27-22(16)25)28-23(30)24(31)29-14-15(2)4-7-21(29)18-5-6-19-12-26-9-8-17(19)10-18/h5-6,8-13,15,21H,3-4,7,14H2,1-2H3,(H2,25,27)(H,28,30)/t15-,21+/m0/s1. The normalized spacial score (nSPS) is 18.7. The number of nitrogens with one attached hydrogen (secondary N) is 1. The van der Waals surface area contributed by atoms with Crippen molar-refractivity contribution in [1.82, 2.24) is 14.9 Å². The van der Waals surface area contributed by atoms with Crippen LogP contribution in [0.1, 0.15) is 43.9 Å². The van der Waals surface area contributed by atoms with Gasteiger partial charge in [0.2, 0.25) is 0 Å². The number of hydrogen-bond acceptors (Lipinski definition) is 5. The van der Waals surface area contributed by atoms with Gasteiger partial charge >= 0.3 is 11.8 Å². The van der Waals surface area contributed by atoms with Crippen LogP contribution in [0.25, 0.3) is 10.8 Å². The number of nitrogens with zero attached hydrogens (tertiary/aromatic N) is 3. The molecular formula is C24H27N5O2. The number of hydrogen-bond donors (Lipinski definition) is 2. The largest absolute Gasteiger partial charge is 0.383 e. The number of fused-ring (bicyclic) bond motifs is 1. The molecule has 0 aliphatic carbocycles. The summed E-state index contributed by atoms with van der Waals surface area (Å²) in [7, 11) is 0. The first kappa shape index (κ1) is 20.8. The van der Waals surface area contributed by atoms with E-state index in [1.54, 1.807) is 17.2 Å². The fourth-order valence-electron chi connectivity index (χ4n) is 4.22. The van der Waals surface area contributed by atoms with Crippen LogP contribution in [0, 0.1) is 5.92 Å². The van der Waals surface area contributed by atoms with Crippen LogP contribution in [-0.4, -0.2) is 33.2 Å². The monoisotopic (exact) mass is 417 g/mol. The molecule has 1 fully saturated rings. The van der Waals surface area contributed by atoms with Crippen molar-refractivity contribution in [2.45, 2.75) is 39.2 Å². The minimum Gasteiger partial charge on any atom is -0.383 e. The van der Waals surface area contributed by atoms with Gasteiger partial charge in [-0.2, -0.15) is 0 Å². The second kappa shape index (κ2) is 8.71. The number of amides is 2. The number of piperidine rings is 1. The molecule has 0 saturated carbocycles. The molecule has 3 heterocycles. The van der Waals surface area contributed by atoms with Gasteiger partial charge in [-0.15, -0.1) is 0 Å². The Labute approximate surface area is 181 Å². The maximum atomic E-state index is 13.2. The van der Waals surface area contributed by atoms with E-state index in [1.807, 2.05) is 31.3 Å². The van der Waals surface area contributed by atoms with Crippen molar-refractivity contribution >= 4 is 34.1 Å².